The zero-order valence-electron chi connectivity index (χ0n) is 16.0. The minimum atomic E-state index is -0.383. The molecule has 0 saturated carbocycles. The van der Waals surface area contributed by atoms with Crippen LogP contribution in [0.15, 0.2) is 67.0 Å². The maximum atomic E-state index is 12.5. The molecular formula is C21H16Cl3N5O2. The summed E-state index contributed by atoms with van der Waals surface area (Å²) in [6, 6.07) is 15.9. The Morgan fingerprint density at radius 2 is 1.61 bits per heavy atom. The molecule has 2 aromatic carbocycles. The van der Waals surface area contributed by atoms with E-state index in [-0.39, 0.29) is 18.3 Å². The van der Waals surface area contributed by atoms with E-state index in [4.69, 9.17) is 39.5 Å². The average Bonchev–Trinajstić information content (AvgIpc) is 3.39. The smallest absolute Gasteiger partial charge is 0.277 e. The summed E-state index contributed by atoms with van der Waals surface area (Å²) < 4.78 is 8.80. The van der Waals surface area contributed by atoms with Crippen molar-refractivity contribution in [2.45, 2.75) is 13.3 Å². The quantitative estimate of drug-likeness (QED) is 0.389. The van der Waals surface area contributed by atoms with E-state index in [9.17, 15) is 4.79 Å². The van der Waals surface area contributed by atoms with E-state index in [0.29, 0.717) is 33.2 Å². The van der Waals surface area contributed by atoms with Gasteiger partial charge >= 0.3 is 0 Å². The summed E-state index contributed by atoms with van der Waals surface area (Å²) in [4.78, 5) is 12.5. The highest BCUT2D eigenvalue weighted by atomic mass is 35.5. The molecule has 4 aromatic rings. The topological polar surface area (TPSA) is 74.0 Å². The van der Waals surface area contributed by atoms with Gasteiger partial charge in [-0.15, -0.1) is 0 Å². The lowest BCUT2D eigenvalue weighted by Gasteiger charge is -2.09. The third-order valence-corrected chi connectivity index (χ3v) is 5.12. The number of carbonyl (C=O) groups is 1. The second-order valence-electron chi connectivity index (χ2n) is 6.54. The van der Waals surface area contributed by atoms with Gasteiger partial charge in [0.2, 0.25) is 0 Å². The number of aromatic nitrogens is 4. The van der Waals surface area contributed by atoms with Crippen LogP contribution in [0.1, 0.15) is 16.1 Å². The summed E-state index contributed by atoms with van der Waals surface area (Å²) >= 11 is 18.1. The van der Waals surface area contributed by atoms with Gasteiger partial charge in [0.15, 0.2) is 24.0 Å². The van der Waals surface area contributed by atoms with E-state index in [1.54, 1.807) is 47.4 Å². The van der Waals surface area contributed by atoms with Gasteiger partial charge in [-0.3, -0.25) is 9.48 Å². The Bertz CT molecular complexity index is 1180. The van der Waals surface area contributed by atoms with Gasteiger partial charge in [0.25, 0.3) is 5.91 Å². The number of para-hydroxylation sites is 1. The number of ether oxygens (including phenoxy) is 1. The van der Waals surface area contributed by atoms with Crippen molar-refractivity contribution in [2.75, 3.05) is 5.32 Å². The van der Waals surface area contributed by atoms with E-state index in [1.807, 2.05) is 24.3 Å². The Hall–Kier alpha value is -3.00. The fourth-order valence-electron chi connectivity index (χ4n) is 2.78. The summed E-state index contributed by atoms with van der Waals surface area (Å²) in [6.07, 6.45) is 3.41. The van der Waals surface area contributed by atoms with Gasteiger partial charge in [-0.05, 0) is 35.9 Å². The third-order valence-electron chi connectivity index (χ3n) is 4.27. The second kappa shape index (κ2) is 9.43. The highest BCUT2D eigenvalue weighted by Gasteiger charge is 2.13. The van der Waals surface area contributed by atoms with Crippen LogP contribution in [0.4, 0.5) is 5.82 Å². The second-order valence-corrected chi connectivity index (χ2v) is 7.79. The van der Waals surface area contributed by atoms with Crippen molar-refractivity contribution in [3.05, 3.63) is 93.3 Å². The number of rotatable bonds is 7. The Labute approximate surface area is 193 Å². The molecule has 0 fully saturated rings. The Morgan fingerprint density at radius 1 is 0.903 bits per heavy atom. The summed E-state index contributed by atoms with van der Waals surface area (Å²) in [7, 11) is 0. The molecule has 0 aliphatic rings. The number of anilines is 1. The van der Waals surface area contributed by atoms with Crippen LogP contribution in [0.2, 0.25) is 15.1 Å². The predicted octanol–water partition coefficient (Wildman–Crippen LogP) is 5.38. The molecule has 31 heavy (non-hydrogen) atoms. The molecule has 0 aliphatic heterocycles. The normalized spacial score (nSPS) is 10.8. The third kappa shape index (κ3) is 5.38. The molecule has 2 aromatic heterocycles. The Morgan fingerprint density at radius 3 is 2.35 bits per heavy atom. The number of halogens is 3. The predicted molar refractivity (Wildman–Crippen MR) is 120 cm³/mol. The van der Waals surface area contributed by atoms with Gasteiger partial charge in [-0.2, -0.15) is 10.2 Å². The van der Waals surface area contributed by atoms with Gasteiger partial charge < -0.3 is 10.1 Å². The van der Waals surface area contributed by atoms with Crippen LogP contribution in [0, 0.1) is 0 Å². The number of benzene rings is 2. The maximum Gasteiger partial charge on any atom is 0.277 e. The first-order valence-electron chi connectivity index (χ1n) is 9.17. The van der Waals surface area contributed by atoms with Crippen LogP contribution in [0.3, 0.4) is 0 Å². The van der Waals surface area contributed by atoms with E-state index >= 15 is 0 Å². The Balaban J connectivity index is 1.35. The van der Waals surface area contributed by atoms with Crippen molar-refractivity contribution in [2.24, 2.45) is 0 Å². The molecule has 0 unspecified atom stereocenters. The fourth-order valence-corrected chi connectivity index (χ4v) is 3.41. The highest BCUT2D eigenvalue weighted by Crippen LogP contribution is 2.32. The molecule has 4 rings (SSSR count). The first kappa shape index (κ1) is 21.2. The zero-order chi connectivity index (χ0) is 21.8. The lowest BCUT2D eigenvalue weighted by molar-refractivity contribution is 0.101. The lowest BCUT2D eigenvalue weighted by Crippen LogP contribution is -2.15. The standard InChI is InChI=1S/C21H16Cl3N5O2/c22-15-6-4-14(5-7-15)12-28-11-9-19(27-28)25-21(30)18-8-10-29(26-18)13-31-20-16(23)2-1-3-17(20)24/h1-11H,12-13H2,(H,25,27,30). The van der Waals surface area contributed by atoms with Crippen molar-refractivity contribution >= 4 is 46.5 Å². The van der Waals surface area contributed by atoms with Crippen LogP contribution in [0.25, 0.3) is 0 Å². The van der Waals surface area contributed by atoms with Crippen molar-refractivity contribution in [3.8, 4) is 5.75 Å². The molecular weight excluding hydrogens is 461 g/mol. The van der Waals surface area contributed by atoms with Crippen molar-refractivity contribution < 1.29 is 9.53 Å². The zero-order valence-corrected chi connectivity index (χ0v) is 18.3. The number of hydrogen-bond acceptors (Lipinski definition) is 4. The summed E-state index contributed by atoms with van der Waals surface area (Å²) in [5, 5.41) is 12.8. The minimum absolute atomic E-state index is 0.0481. The van der Waals surface area contributed by atoms with Gasteiger partial charge in [-0.1, -0.05) is 53.0 Å². The fraction of sp³-hybridized carbons (Fsp3) is 0.0952. The van der Waals surface area contributed by atoms with Crippen LogP contribution >= 0.6 is 34.8 Å². The summed E-state index contributed by atoms with van der Waals surface area (Å²) in [6.45, 7) is 0.607. The first-order valence-corrected chi connectivity index (χ1v) is 10.3. The molecule has 0 bridgehead atoms. The summed E-state index contributed by atoms with van der Waals surface area (Å²) in [5.74, 6) is 0.400. The molecule has 0 atom stereocenters. The molecule has 0 aliphatic carbocycles. The summed E-state index contributed by atoms with van der Waals surface area (Å²) in [5.41, 5.74) is 1.27. The molecule has 0 spiro atoms. The van der Waals surface area contributed by atoms with E-state index in [0.717, 1.165) is 5.56 Å². The lowest BCUT2D eigenvalue weighted by atomic mass is 10.2. The molecule has 1 amide bonds. The van der Waals surface area contributed by atoms with Crippen LogP contribution < -0.4 is 10.1 Å². The number of nitrogens with one attached hydrogen (secondary N) is 1. The number of carbonyl (C=O) groups excluding carboxylic acids is 1. The first-order chi connectivity index (χ1) is 15.0. The molecule has 1 N–H and O–H groups in total. The molecule has 2 heterocycles. The van der Waals surface area contributed by atoms with E-state index in [1.165, 1.54) is 4.68 Å². The molecule has 7 nitrogen and oxygen atoms in total. The van der Waals surface area contributed by atoms with Gasteiger partial charge in [0, 0.05) is 23.5 Å². The number of amides is 1. The molecule has 10 heteroatoms. The van der Waals surface area contributed by atoms with E-state index in [2.05, 4.69) is 15.5 Å². The molecule has 0 radical (unpaired) electrons. The Kier molecular flexibility index (Phi) is 6.46. The SMILES string of the molecule is O=C(Nc1ccn(Cc2ccc(Cl)cc2)n1)c1ccn(COc2c(Cl)cccc2Cl)n1. The highest BCUT2D eigenvalue weighted by molar-refractivity contribution is 6.37. The van der Waals surface area contributed by atoms with Crippen LogP contribution in [-0.4, -0.2) is 25.5 Å². The largest absolute Gasteiger partial charge is 0.468 e. The number of hydrogen-bond donors (Lipinski definition) is 1. The number of nitrogens with zero attached hydrogens (tertiary/aromatic N) is 4. The van der Waals surface area contributed by atoms with Crippen molar-refractivity contribution in [1.29, 1.82) is 0 Å². The minimum Gasteiger partial charge on any atom is -0.468 e. The maximum absolute atomic E-state index is 12.5. The van der Waals surface area contributed by atoms with Crippen LogP contribution in [-0.2, 0) is 13.3 Å². The van der Waals surface area contributed by atoms with Gasteiger partial charge in [0.1, 0.15) is 0 Å². The van der Waals surface area contributed by atoms with Gasteiger partial charge in [-0.25, -0.2) is 4.68 Å². The molecule has 0 saturated heterocycles. The van der Waals surface area contributed by atoms with Crippen molar-refractivity contribution in [1.82, 2.24) is 19.6 Å². The monoisotopic (exact) mass is 475 g/mol. The molecule has 158 valence electrons. The van der Waals surface area contributed by atoms with Gasteiger partial charge in [0.05, 0.1) is 16.6 Å². The van der Waals surface area contributed by atoms with Crippen molar-refractivity contribution in [3.63, 3.8) is 0 Å². The van der Waals surface area contributed by atoms with E-state index < -0.39 is 0 Å². The van der Waals surface area contributed by atoms with Crippen LogP contribution in [0.5, 0.6) is 5.75 Å². The average molecular weight is 477 g/mol.